The molecular weight excluding hydrogens is 297 g/mol. The Morgan fingerprint density at radius 3 is 3.09 bits per heavy atom. The SMILES string of the molecule is O=C(CCOc1cccc(F)c1)N1CCC[C@H]1Cn1cccn1. The number of rotatable bonds is 6. The van der Waals surface area contributed by atoms with Crippen LogP contribution in [-0.4, -0.2) is 39.8 Å². The molecule has 23 heavy (non-hydrogen) atoms. The largest absolute Gasteiger partial charge is 0.493 e. The van der Waals surface area contributed by atoms with Crippen LogP contribution >= 0.6 is 0 Å². The zero-order chi connectivity index (χ0) is 16.1. The van der Waals surface area contributed by atoms with Gasteiger partial charge in [-0.25, -0.2) is 4.39 Å². The summed E-state index contributed by atoms with van der Waals surface area (Å²) in [6, 6.07) is 8.03. The summed E-state index contributed by atoms with van der Waals surface area (Å²) < 4.78 is 20.4. The average molecular weight is 317 g/mol. The summed E-state index contributed by atoms with van der Waals surface area (Å²) >= 11 is 0. The van der Waals surface area contributed by atoms with Crippen LogP contribution in [0.3, 0.4) is 0 Å². The van der Waals surface area contributed by atoms with Gasteiger partial charge in [0.2, 0.25) is 5.91 Å². The minimum absolute atomic E-state index is 0.0797. The van der Waals surface area contributed by atoms with Crippen LogP contribution in [0, 0.1) is 5.82 Å². The first-order valence-electron chi connectivity index (χ1n) is 7.87. The predicted octanol–water partition coefficient (Wildman–Crippen LogP) is 2.48. The first kappa shape index (κ1) is 15.5. The van der Waals surface area contributed by atoms with Gasteiger partial charge in [-0.2, -0.15) is 5.10 Å². The third-order valence-corrected chi connectivity index (χ3v) is 4.04. The molecule has 0 bridgehead atoms. The van der Waals surface area contributed by atoms with Crippen LogP contribution in [0.1, 0.15) is 19.3 Å². The van der Waals surface area contributed by atoms with E-state index >= 15 is 0 Å². The summed E-state index contributed by atoms with van der Waals surface area (Å²) in [7, 11) is 0. The Balaban J connectivity index is 1.49. The Morgan fingerprint density at radius 2 is 2.30 bits per heavy atom. The lowest BCUT2D eigenvalue weighted by molar-refractivity contribution is -0.132. The van der Waals surface area contributed by atoms with E-state index < -0.39 is 0 Å². The van der Waals surface area contributed by atoms with E-state index in [0.29, 0.717) is 12.2 Å². The fourth-order valence-corrected chi connectivity index (χ4v) is 2.93. The summed E-state index contributed by atoms with van der Waals surface area (Å²) in [6.45, 7) is 1.77. The van der Waals surface area contributed by atoms with Crippen LogP contribution in [0.5, 0.6) is 5.75 Å². The fourth-order valence-electron chi connectivity index (χ4n) is 2.93. The molecule has 0 spiro atoms. The maximum atomic E-state index is 13.1. The number of hydrogen-bond donors (Lipinski definition) is 0. The van der Waals surface area contributed by atoms with Gasteiger partial charge in [0.05, 0.1) is 25.6 Å². The third-order valence-electron chi connectivity index (χ3n) is 4.04. The van der Waals surface area contributed by atoms with Gasteiger partial charge in [-0.3, -0.25) is 9.48 Å². The molecule has 1 fully saturated rings. The van der Waals surface area contributed by atoms with Gasteiger partial charge in [0, 0.05) is 25.0 Å². The van der Waals surface area contributed by atoms with Crippen molar-refractivity contribution in [1.29, 1.82) is 0 Å². The molecule has 2 aromatic rings. The van der Waals surface area contributed by atoms with Gasteiger partial charge in [-0.1, -0.05) is 6.07 Å². The van der Waals surface area contributed by atoms with Gasteiger partial charge in [0.1, 0.15) is 11.6 Å². The highest BCUT2D eigenvalue weighted by Crippen LogP contribution is 2.20. The van der Waals surface area contributed by atoms with Gasteiger partial charge >= 0.3 is 0 Å². The molecule has 0 aliphatic carbocycles. The second kappa shape index (κ2) is 7.26. The predicted molar refractivity (Wildman–Crippen MR) is 83.5 cm³/mol. The number of nitrogens with zero attached hydrogens (tertiary/aromatic N) is 3. The van der Waals surface area contributed by atoms with Gasteiger partial charge in [-0.15, -0.1) is 0 Å². The van der Waals surface area contributed by atoms with Crippen molar-refractivity contribution in [3.63, 3.8) is 0 Å². The van der Waals surface area contributed by atoms with Crippen molar-refractivity contribution >= 4 is 5.91 Å². The lowest BCUT2D eigenvalue weighted by atomic mass is 10.2. The van der Waals surface area contributed by atoms with Crippen molar-refractivity contribution < 1.29 is 13.9 Å². The van der Waals surface area contributed by atoms with E-state index in [1.807, 2.05) is 21.8 Å². The van der Waals surface area contributed by atoms with Crippen LogP contribution in [0.4, 0.5) is 4.39 Å². The number of halogens is 1. The lowest BCUT2D eigenvalue weighted by Gasteiger charge is -2.24. The molecule has 0 unspecified atom stereocenters. The van der Waals surface area contributed by atoms with Crippen molar-refractivity contribution in [2.24, 2.45) is 0 Å². The van der Waals surface area contributed by atoms with Crippen molar-refractivity contribution in [3.05, 3.63) is 48.5 Å². The van der Waals surface area contributed by atoms with E-state index in [4.69, 9.17) is 4.74 Å². The molecule has 1 aromatic carbocycles. The second-order valence-corrected chi connectivity index (χ2v) is 5.67. The van der Waals surface area contributed by atoms with Crippen LogP contribution in [0.15, 0.2) is 42.7 Å². The summed E-state index contributed by atoms with van der Waals surface area (Å²) in [5.41, 5.74) is 0. The smallest absolute Gasteiger partial charge is 0.226 e. The van der Waals surface area contributed by atoms with Gasteiger partial charge in [0.15, 0.2) is 0 Å². The quantitative estimate of drug-likeness (QED) is 0.822. The van der Waals surface area contributed by atoms with Crippen molar-refractivity contribution in [3.8, 4) is 5.75 Å². The van der Waals surface area contributed by atoms with Crippen molar-refractivity contribution in [1.82, 2.24) is 14.7 Å². The monoisotopic (exact) mass is 317 g/mol. The highest BCUT2D eigenvalue weighted by atomic mass is 19.1. The molecule has 0 N–H and O–H groups in total. The van der Waals surface area contributed by atoms with Gasteiger partial charge in [0.25, 0.3) is 0 Å². The first-order valence-corrected chi connectivity index (χ1v) is 7.87. The van der Waals surface area contributed by atoms with E-state index in [-0.39, 0.29) is 24.4 Å². The molecule has 5 nitrogen and oxygen atoms in total. The van der Waals surface area contributed by atoms with Crippen molar-refractivity contribution in [2.45, 2.75) is 31.8 Å². The Bertz CT molecular complexity index is 645. The fraction of sp³-hybridized carbons (Fsp3) is 0.412. The molecule has 1 aliphatic heterocycles. The summed E-state index contributed by atoms with van der Waals surface area (Å²) in [4.78, 5) is 14.3. The lowest BCUT2D eigenvalue weighted by Crippen LogP contribution is -2.38. The minimum Gasteiger partial charge on any atom is -0.493 e. The molecule has 3 rings (SSSR count). The van der Waals surface area contributed by atoms with E-state index in [1.165, 1.54) is 12.1 Å². The zero-order valence-corrected chi connectivity index (χ0v) is 12.9. The topological polar surface area (TPSA) is 47.4 Å². The number of carbonyl (C=O) groups excluding carboxylic acids is 1. The van der Waals surface area contributed by atoms with Gasteiger partial charge < -0.3 is 9.64 Å². The number of benzene rings is 1. The molecule has 6 heteroatoms. The Morgan fingerprint density at radius 1 is 1.39 bits per heavy atom. The molecule has 1 saturated heterocycles. The molecule has 122 valence electrons. The molecule has 1 aliphatic rings. The molecule has 1 aromatic heterocycles. The summed E-state index contributed by atoms with van der Waals surface area (Å²) in [5, 5.41) is 4.20. The Labute approximate surface area is 134 Å². The first-order chi connectivity index (χ1) is 11.2. The van der Waals surface area contributed by atoms with Crippen LogP contribution in [0.2, 0.25) is 0 Å². The standard InChI is InChI=1S/C17H20FN3O2/c18-14-4-1-6-16(12-14)23-11-7-17(22)21-10-2-5-15(21)13-20-9-3-8-19-20/h1,3-4,6,8-9,12,15H,2,5,7,10-11,13H2/t15-/m0/s1. The number of hydrogen-bond acceptors (Lipinski definition) is 3. The molecule has 0 saturated carbocycles. The van der Waals surface area contributed by atoms with E-state index in [1.54, 1.807) is 18.3 Å². The van der Waals surface area contributed by atoms with Gasteiger partial charge in [-0.05, 0) is 31.0 Å². The number of aromatic nitrogens is 2. The Hall–Kier alpha value is -2.37. The molecule has 0 radical (unpaired) electrons. The van der Waals surface area contributed by atoms with Crippen LogP contribution in [-0.2, 0) is 11.3 Å². The maximum Gasteiger partial charge on any atom is 0.226 e. The number of amides is 1. The van der Waals surface area contributed by atoms with E-state index in [9.17, 15) is 9.18 Å². The zero-order valence-electron chi connectivity index (χ0n) is 12.9. The van der Waals surface area contributed by atoms with Crippen LogP contribution in [0.25, 0.3) is 0 Å². The molecular formula is C17H20FN3O2. The number of likely N-dealkylation sites (tertiary alicyclic amines) is 1. The number of carbonyl (C=O) groups is 1. The Kier molecular flexibility index (Phi) is 4.90. The third kappa shape index (κ3) is 4.09. The highest BCUT2D eigenvalue weighted by molar-refractivity contribution is 5.77. The molecule has 2 heterocycles. The summed E-state index contributed by atoms with van der Waals surface area (Å²) in [5.74, 6) is 0.191. The molecule has 1 atom stereocenters. The second-order valence-electron chi connectivity index (χ2n) is 5.67. The maximum absolute atomic E-state index is 13.1. The van der Waals surface area contributed by atoms with E-state index in [0.717, 1.165) is 25.9 Å². The number of ether oxygens (including phenoxy) is 1. The van der Waals surface area contributed by atoms with Crippen LogP contribution < -0.4 is 4.74 Å². The van der Waals surface area contributed by atoms with Crippen molar-refractivity contribution in [2.75, 3.05) is 13.2 Å². The normalized spacial score (nSPS) is 17.4. The highest BCUT2D eigenvalue weighted by Gasteiger charge is 2.28. The van der Waals surface area contributed by atoms with E-state index in [2.05, 4.69) is 5.10 Å². The summed E-state index contributed by atoms with van der Waals surface area (Å²) in [6.07, 6.45) is 5.97. The molecule has 1 amide bonds. The average Bonchev–Trinajstić information content (AvgIpc) is 3.19. The minimum atomic E-state index is -0.340.